The fourth-order valence-electron chi connectivity index (χ4n) is 2.92. The first-order chi connectivity index (χ1) is 12.6. The number of carbonyl (C=O) groups excluding carboxylic acids is 1. The minimum absolute atomic E-state index is 0.0487. The van der Waals surface area contributed by atoms with Gasteiger partial charge < -0.3 is 10.2 Å². The molecule has 1 aliphatic rings. The Morgan fingerprint density at radius 1 is 1.04 bits per heavy atom. The molecule has 0 radical (unpaired) electrons. The van der Waals surface area contributed by atoms with Gasteiger partial charge in [-0.2, -0.15) is 0 Å². The summed E-state index contributed by atoms with van der Waals surface area (Å²) in [6, 6.07) is 14.2. The third kappa shape index (κ3) is 4.98. The van der Waals surface area contributed by atoms with Crippen molar-refractivity contribution in [3.8, 4) is 0 Å². The Bertz CT molecular complexity index is 757. The van der Waals surface area contributed by atoms with Gasteiger partial charge in [0.15, 0.2) is 0 Å². The largest absolute Gasteiger partial charge is 0.372 e. The van der Waals surface area contributed by atoms with E-state index in [1.54, 1.807) is 12.1 Å². The summed E-state index contributed by atoms with van der Waals surface area (Å²) in [5.41, 5.74) is 2.02. The van der Waals surface area contributed by atoms with Crippen LogP contribution >= 0.6 is 11.8 Å². The van der Waals surface area contributed by atoms with Crippen LogP contribution in [-0.2, 0) is 4.79 Å². The Hall–Kier alpha value is -2.54. The molecule has 2 aromatic rings. The van der Waals surface area contributed by atoms with Gasteiger partial charge in [-0.15, -0.1) is 11.8 Å². The first kappa shape index (κ1) is 18.3. The Kier molecular flexibility index (Phi) is 6.12. The molecule has 6 nitrogen and oxygen atoms in total. The summed E-state index contributed by atoms with van der Waals surface area (Å²) in [5, 5.41) is 13.5. The summed E-state index contributed by atoms with van der Waals surface area (Å²) in [5.74, 6) is 0.158. The van der Waals surface area contributed by atoms with Crippen LogP contribution in [0.15, 0.2) is 53.4 Å². The molecule has 26 heavy (non-hydrogen) atoms. The predicted molar refractivity (Wildman–Crippen MR) is 105 cm³/mol. The number of hydrogen-bond acceptors (Lipinski definition) is 5. The minimum Gasteiger partial charge on any atom is -0.372 e. The summed E-state index contributed by atoms with van der Waals surface area (Å²) in [6.45, 7) is 2.19. The van der Waals surface area contributed by atoms with Crippen LogP contribution in [0.2, 0.25) is 0 Å². The first-order valence-corrected chi connectivity index (χ1v) is 9.62. The normalized spacial score (nSPS) is 14.1. The summed E-state index contributed by atoms with van der Waals surface area (Å²) < 4.78 is 0. The number of amides is 1. The number of nitrogens with one attached hydrogen (secondary N) is 1. The van der Waals surface area contributed by atoms with E-state index in [2.05, 4.69) is 10.2 Å². The third-order valence-electron chi connectivity index (χ3n) is 4.29. The molecule has 0 aromatic heterocycles. The molecule has 0 unspecified atom stereocenters. The summed E-state index contributed by atoms with van der Waals surface area (Å²) in [6.07, 6.45) is 3.77. The van der Waals surface area contributed by atoms with Crippen LogP contribution in [0.1, 0.15) is 19.3 Å². The molecule has 0 atom stereocenters. The third-order valence-corrected chi connectivity index (χ3v) is 5.30. The number of non-ortho nitro benzene ring substituents is 1. The maximum absolute atomic E-state index is 12.1. The molecule has 0 bridgehead atoms. The molecule has 0 saturated carbocycles. The lowest BCUT2D eigenvalue weighted by Crippen LogP contribution is -2.29. The molecular formula is C19H21N3O3S. The maximum Gasteiger partial charge on any atom is 0.269 e. The fraction of sp³-hybridized carbons (Fsp3) is 0.316. The summed E-state index contributed by atoms with van der Waals surface area (Å²) in [7, 11) is 0. The van der Waals surface area contributed by atoms with Gasteiger partial charge in [0.2, 0.25) is 5.91 Å². The molecule has 1 heterocycles. The van der Waals surface area contributed by atoms with Crippen molar-refractivity contribution < 1.29 is 9.72 Å². The zero-order valence-corrected chi connectivity index (χ0v) is 15.2. The molecule has 1 aliphatic heterocycles. The predicted octanol–water partition coefficient (Wildman–Crippen LogP) is 4.32. The highest BCUT2D eigenvalue weighted by atomic mass is 32.2. The van der Waals surface area contributed by atoms with Crippen molar-refractivity contribution in [1.82, 2.24) is 0 Å². The van der Waals surface area contributed by atoms with Gasteiger partial charge in [0.05, 0.1) is 10.7 Å². The molecule has 1 amide bonds. The molecule has 1 fully saturated rings. The quantitative estimate of drug-likeness (QED) is 0.465. The lowest BCUT2D eigenvalue weighted by atomic mass is 10.1. The van der Waals surface area contributed by atoms with Crippen LogP contribution < -0.4 is 10.2 Å². The molecule has 0 spiro atoms. The second-order valence-corrected chi connectivity index (χ2v) is 7.23. The lowest BCUT2D eigenvalue weighted by Gasteiger charge is -2.28. The molecule has 7 heteroatoms. The molecule has 0 aliphatic carbocycles. The van der Waals surface area contributed by atoms with Crippen molar-refractivity contribution in [2.75, 3.05) is 29.1 Å². The highest BCUT2D eigenvalue weighted by Gasteiger charge is 2.11. The topological polar surface area (TPSA) is 75.5 Å². The number of carbonyl (C=O) groups is 1. The van der Waals surface area contributed by atoms with E-state index in [-0.39, 0.29) is 17.3 Å². The van der Waals surface area contributed by atoms with E-state index in [0.29, 0.717) is 0 Å². The second kappa shape index (κ2) is 8.71. The molecule has 3 rings (SSSR count). The van der Waals surface area contributed by atoms with Crippen LogP contribution in [0.3, 0.4) is 0 Å². The number of nitro benzene ring substituents is 1. The van der Waals surface area contributed by atoms with Crippen molar-refractivity contribution in [3.63, 3.8) is 0 Å². The van der Waals surface area contributed by atoms with Crippen LogP contribution in [-0.4, -0.2) is 29.7 Å². The van der Waals surface area contributed by atoms with Gasteiger partial charge in [0.1, 0.15) is 0 Å². The van der Waals surface area contributed by atoms with E-state index >= 15 is 0 Å². The molecular weight excluding hydrogens is 350 g/mol. The van der Waals surface area contributed by atoms with Gasteiger partial charge in [0.25, 0.3) is 5.69 Å². The molecule has 2 aromatic carbocycles. The van der Waals surface area contributed by atoms with Gasteiger partial charge >= 0.3 is 0 Å². The average Bonchev–Trinajstić information content (AvgIpc) is 2.68. The van der Waals surface area contributed by atoms with E-state index < -0.39 is 4.92 Å². The van der Waals surface area contributed by atoms with E-state index in [9.17, 15) is 14.9 Å². The van der Waals surface area contributed by atoms with Crippen LogP contribution in [0.4, 0.5) is 17.1 Å². The van der Waals surface area contributed by atoms with Crippen molar-refractivity contribution in [3.05, 3.63) is 58.6 Å². The van der Waals surface area contributed by atoms with E-state index in [1.807, 2.05) is 24.3 Å². The number of nitrogens with zero attached hydrogens (tertiary/aromatic N) is 2. The highest BCUT2D eigenvalue weighted by Crippen LogP contribution is 2.23. The zero-order chi connectivity index (χ0) is 18.4. The smallest absolute Gasteiger partial charge is 0.269 e. The standard InChI is InChI=1S/C19H21N3O3S/c23-19(14-26-18-10-8-17(9-11-18)22(24)25)20-15-4-6-16(7-5-15)21-12-2-1-3-13-21/h4-11H,1-3,12-14H2,(H,20,23). The van der Waals surface area contributed by atoms with Gasteiger partial charge in [-0.3, -0.25) is 14.9 Å². The second-order valence-electron chi connectivity index (χ2n) is 6.18. The monoisotopic (exact) mass is 371 g/mol. The molecule has 1 N–H and O–H groups in total. The first-order valence-electron chi connectivity index (χ1n) is 8.64. The number of hydrogen-bond donors (Lipinski definition) is 1. The van der Waals surface area contributed by atoms with Gasteiger partial charge in [-0.1, -0.05) is 0 Å². The highest BCUT2D eigenvalue weighted by molar-refractivity contribution is 8.00. The van der Waals surface area contributed by atoms with Gasteiger partial charge in [0, 0.05) is 41.5 Å². The maximum atomic E-state index is 12.1. The number of rotatable bonds is 6. The van der Waals surface area contributed by atoms with E-state index in [1.165, 1.54) is 48.8 Å². The Morgan fingerprint density at radius 2 is 1.69 bits per heavy atom. The zero-order valence-electron chi connectivity index (χ0n) is 14.4. The fourth-order valence-corrected chi connectivity index (χ4v) is 3.62. The molecule has 136 valence electrons. The number of nitro groups is 1. The van der Waals surface area contributed by atoms with Crippen LogP contribution in [0.5, 0.6) is 0 Å². The van der Waals surface area contributed by atoms with Crippen LogP contribution in [0.25, 0.3) is 0 Å². The SMILES string of the molecule is O=C(CSc1ccc([N+](=O)[O-])cc1)Nc1ccc(N2CCCCC2)cc1. The van der Waals surface area contributed by atoms with Crippen LogP contribution in [0, 0.1) is 10.1 Å². The number of thioether (sulfide) groups is 1. The Morgan fingerprint density at radius 3 is 2.31 bits per heavy atom. The molecule has 1 saturated heterocycles. The summed E-state index contributed by atoms with van der Waals surface area (Å²) in [4.78, 5) is 25.5. The summed E-state index contributed by atoms with van der Waals surface area (Å²) >= 11 is 1.35. The van der Waals surface area contributed by atoms with Crippen molar-refractivity contribution >= 4 is 34.7 Å². The van der Waals surface area contributed by atoms with Gasteiger partial charge in [-0.25, -0.2) is 0 Å². The minimum atomic E-state index is -0.436. The number of piperidine rings is 1. The Labute approximate surface area is 156 Å². The lowest BCUT2D eigenvalue weighted by molar-refractivity contribution is -0.384. The van der Waals surface area contributed by atoms with Crippen molar-refractivity contribution in [2.45, 2.75) is 24.2 Å². The van der Waals surface area contributed by atoms with E-state index in [4.69, 9.17) is 0 Å². The Balaban J connectivity index is 1.49. The van der Waals surface area contributed by atoms with Crippen molar-refractivity contribution in [1.29, 1.82) is 0 Å². The van der Waals surface area contributed by atoms with E-state index in [0.717, 1.165) is 23.7 Å². The van der Waals surface area contributed by atoms with Gasteiger partial charge in [-0.05, 0) is 55.7 Å². The average molecular weight is 371 g/mol. The van der Waals surface area contributed by atoms with Crippen molar-refractivity contribution in [2.24, 2.45) is 0 Å². The number of anilines is 2. The number of benzene rings is 2.